The van der Waals surface area contributed by atoms with Gasteiger partial charge in [-0.1, -0.05) is 25.0 Å². The Morgan fingerprint density at radius 1 is 1.32 bits per heavy atom. The van der Waals surface area contributed by atoms with Crippen LogP contribution in [-0.2, 0) is 4.79 Å². The lowest BCUT2D eigenvalue weighted by Gasteiger charge is -2.30. The summed E-state index contributed by atoms with van der Waals surface area (Å²) >= 11 is 0. The summed E-state index contributed by atoms with van der Waals surface area (Å²) in [6.45, 7) is 7.96. The molecule has 1 aromatic heterocycles. The van der Waals surface area contributed by atoms with Gasteiger partial charge in [0.25, 0.3) is 0 Å². The number of likely N-dealkylation sites (tertiary alicyclic amines) is 1. The van der Waals surface area contributed by atoms with Gasteiger partial charge in [-0.2, -0.15) is 0 Å². The number of likely N-dealkylation sites (N-methyl/N-ethyl adjacent to an activating group) is 1. The van der Waals surface area contributed by atoms with E-state index >= 15 is 0 Å². The molecule has 5 heteroatoms. The Bertz CT molecular complexity index is 998. The number of carbonyl (C=O) groups excluding carboxylic acids is 1. The minimum Gasteiger partial charge on any atom is -0.324 e. The lowest BCUT2D eigenvalue weighted by Crippen LogP contribution is -2.30. The number of rotatable bonds is 7. The van der Waals surface area contributed by atoms with Crippen LogP contribution in [0.1, 0.15) is 62.3 Å². The summed E-state index contributed by atoms with van der Waals surface area (Å²) in [5.74, 6) is 6.95. The van der Waals surface area contributed by atoms with Crippen molar-refractivity contribution in [3.05, 3.63) is 52.9 Å². The summed E-state index contributed by atoms with van der Waals surface area (Å²) in [4.78, 5) is 23.7. The van der Waals surface area contributed by atoms with Gasteiger partial charge in [0.05, 0.1) is 11.3 Å². The summed E-state index contributed by atoms with van der Waals surface area (Å²) in [7, 11) is 2.19. The van der Waals surface area contributed by atoms with Crippen molar-refractivity contribution in [2.24, 2.45) is 0 Å². The Morgan fingerprint density at radius 2 is 2.10 bits per heavy atom. The molecule has 1 atom stereocenters. The van der Waals surface area contributed by atoms with Crippen molar-refractivity contribution in [2.75, 3.05) is 25.5 Å². The SMILES string of the molecule is CC#C/C(=C/c1cnc(Nc2ccc(C3CCCN(C)C3)cc2)nc1C)C(=O)CCC. The van der Waals surface area contributed by atoms with Crippen molar-refractivity contribution in [3.63, 3.8) is 0 Å². The van der Waals surface area contributed by atoms with E-state index in [1.807, 2.05) is 13.8 Å². The fraction of sp³-hybridized carbons (Fsp3) is 0.423. The maximum Gasteiger partial charge on any atom is 0.227 e. The largest absolute Gasteiger partial charge is 0.324 e. The monoisotopic (exact) mass is 416 g/mol. The van der Waals surface area contributed by atoms with E-state index in [4.69, 9.17) is 0 Å². The van der Waals surface area contributed by atoms with Crippen LogP contribution < -0.4 is 5.32 Å². The van der Waals surface area contributed by atoms with E-state index in [0.717, 1.165) is 29.9 Å². The highest BCUT2D eigenvalue weighted by atomic mass is 16.1. The zero-order valence-electron chi connectivity index (χ0n) is 19.0. The molecule has 0 spiro atoms. The van der Waals surface area contributed by atoms with E-state index < -0.39 is 0 Å². The van der Waals surface area contributed by atoms with E-state index in [2.05, 4.69) is 63.3 Å². The highest BCUT2D eigenvalue weighted by Crippen LogP contribution is 2.27. The maximum atomic E-state index is 12.3. The standard InChI is InChI=1S/C26H32N4O/c1-5-8-21(25(31)9-6-2)16-23-17-27-26(28-19(23)3)29-24-13-11-20(12-14-24)22-10-7-15-30(4)18-22/h11-14,16-17,22H,6-7,9-10,15,18H2,1-4H3,(H,27,28,29)/b21-16-. The Kier molecular flexibility index (Phi) is 7.97. The molecule has 1 aliphatic rings. The van der Waals surface area contributed by atoms with Gasteiger partial charge < -0.3 is 10.2 Å². The topological polar surface area (TPSA) is 58.1 Å². The van der Waals surface area contributed by atoms with Gasteiger partial charge in [0, 0.05) is 30.4 Å². The number of nitrogens with one attached hydrogen (secondary N) is 1. The zero-order valence-corrected chi connectivity index (χ0v) is 19.0. The number of Topliss-reactive ketones (excluding diaryl/α,β-unsaturated/α-hetero) is 1. The molecule has 1 N–H and O–H groups in total. The lowest BCUT2D eigenvalue weighted by atomic mass is 9.91. The zero-order chi connectivity index (χ0) is 22.2. The quantitative estimate of drug-likeness (QED) is 0.502. The van der Waals surface area contributed by atoms with Crippen LogP contribution in [0.15, 0.2) is 36.0 Å². The van der Waals surface area contributed by atoms with Gasteiger partial charge in [0.1, 0.15) is 0 Å². The third-order valence-corrected chi connectivity index (χ3v) is 5.62. The molecule has 0 bridgehead atoms. The van der Waals surface area contributed by atoms with E-state index in [0.29, 0.717) is 23.9 Å². The molecule has 1 aliphatic heterocycles. The third kappa shape index (κ3) is 6.26. The number of aryl methyl sites for hydroxylation is 1. The molecule has 2 heterocycles. The molecule has 0 radical (unpaired) electrons. The Hall–Kier alpha value is -2.97. The van der Waals surface area contributed by atoms with E-state index in [9.17, 15) is 4.79 Å². The van der Waals surface area contributed by atoms with Crippen molar-refractivity contribution in [1.29, 1.82) is 0 Å². The number of carbonyl (C=O) groups is 1. The van der Waals surface area contributed by atoms with E-state index in [1.54, 1.807) is 19.2 Å². The number of hydrogen-bond donors (Lipinski definition) is 1. The molecule has 0 saturated carbocycles. The van der Waals surface area contributed by atoms with E-state index in [-0.39, 0.29) is 5.78 Å². The molecule has 162 valence electrons. The maximum absolute atomic E-state index is 12.3. The smallest absolute Gasteiger partial charge is 0.227 e. The van der Waals surface area contributed by atoms with Crippen LogP contribution in [0.4, 0.5) is 11.6 Å². The fourth-order valence-corrected chi connectivity index (χ4v) is 3.92. The number of piperidine rings is 1. The molecule has 1 aromatic carbocycles. The highest BCUT2D eigenvalue weighted by Gasteiger charge is 2.18. The first-order valence-electron chi connectivity index (χ1n) is 11.1. The molecular formula is C26H32N4O. The predicted molar refractivity (Wildman–Crippen MR) is 127 cm³/mol. The normalized spacial score (nSPS) is 17.0. The number of aromatic nitrogens is 2. The molecular weight excluding hydrogens is 384 g/mol. The Morgan fingerprint density at radius 3 is 2.74 bits per heavy atom. The van der Waals surface area contributed by atoms with Crippen molar-refractivity contribution >= 4 is 23.5 Å². The third-order valence-electron chi connectivity index (χ3n) is 5.62. The first-order valence-corrected chi connectivity index (χ1v) is 11.1. The summed E-state index contributed by atoms with van der Waals surface area (Å²) in [6.07, 6.45) is 7.34. The average Bonchev–Trinajstić information content (AvgIpc) is 2.76. The Labute approximate surface area is 186 Å². The van der Waals surface area contributed by atoms with Crippen LogP contribution >= 0.6 is 0 Å². The lowest BCUT2D eigenvalue weighted by molar-refractivity contribution is -0.115. The van der Waals surface area contributed by atoms with Gasteiger partial charge in [-0.05, 0) is 76.4 Å². The minimum atomic E-state index is 0.0581. The van der Waals surface area contributed by atoms with Crippen LogP contribution in [0.25, 0.3) is 6.08 Å². The molecule has 31 heavy (non-hydrogen) atoms. The summed E-state index contributed by atoms with van der Waals surface area (Å²) in [6, 6.07) is 8.58. The second kappa shape index (κ2) is 10.9. The van der Waals surface area contributed by atoms with Crippen LogP contribution in [0.5, 0.6) is 0 Å². The van der Waals surface area contributed by atoms with Gasteiger partial charge in [-0.25, -0.2) is 9.97 Å². The van der Waals surface area contributed by atoms with Crippen molar-refractivity contribution < 1.29 is 4.79 Å². The first-order chi connectivity index (χ1) is 15.0. The molecule has 0 aliphatic carbocycles. The number of anilines is 2. The van der Waals surface area contributed by atoms with E-state index in [1.165, 1.54) is 24.9 Å². The number of allylic oxidation sites excluding steroid dienone is 1. The summed E-state index contributed by atoms with van der Waals surface area (Å²) < 4.78 is 0. The number of nitrogens with zero attached hydrogens (tertiary/aromatic N) is 3. The Balaban J connectivity index is 1.71. The molecule has 3 rings (SSSR count). The average molecular weight is 417 g/mol. The van der Waals surface area contributed by atoms with Gasteiger partial charge in [-0.3, -0.25) is 4.79 Å². The van der Waals surface area contributed by atoms with Crippen molar-refractivity contribution in [1.82, 2.24) is 14.9 Å². The predicted octanol–water partition coefficient (Wildman–Crippen LogP) is 5.11. The van der Waals surface area contributed by atoms with Crippen LogP contribution in [0.2, 0.25) is 0 Å². The van der Waals surface area contributed by atoms with Crippen molar-refractivity contribution in [3.8, 4) is 11.8 Å². The fourth-order valence-electron chi connectivity index (χ4n) is 3.92. The molecule has 2 aromatic rings. The minimum absolute atomic E-state index is 0.0581. The van der Waals surface area contributed by atoms with Crippen LogP contribution in [0.3, 0.4) is 0 Å². The number of ketones is 1. The van der Waals surface area contributed by atoms with Gasteiger partial charge in [0.15, 0.2) is 5.78 Å². The summed E-state index contributed by atoms with van der Waals surface area (Å²) in [5.41, 5.74) is 4.48. The van der Waals surface area contributed by atoms with Gasteiger partial charge in [0.2, 0.25) is 5.95 Å². The van der Waals surface area contributed by atoms with Gasteiger partial charge in [-0.15, -0.1) is 5.92 Å². The molecule has 1 fully saturated rings. The van der Waals surface area contributed by atoms with Crippen molar-refractivity contribution in [2.45, 2.75) is 52.4 Å². The molecule has 5 nitrogen and oxygen atoms in total. The number of hydrogen-bond acceptors (Lipinski definition) is 5. The second-order valence-electron chi connectivity index (χ2n) is 8.19. The number of benzene rings is 1. The van der Waals surface area contributed by atoms with Crippen LogP contribution in [0, 0.1) is 18.8 Å². The molecule has 0 amide bonds. The highest BCUT2D eigenvalue weighted by molar-refractivity contribution is 6.03. The van der Waals surface area contributed by atoms with Gasteiger partial charge >= 0.3 is 0 Å². The molecule has 1 unspecified atom stereocenters. The van der Waals surface area contributed by atoms with Crippen LogP contribution in [-0.4, -0.2) is 40.8 Å². The summed E-state index contributed by atoms with van der Waals surface area (Å²) in [5, 5.41) is 3.28. The second-order valence-corrected chi connectivity index (χ2v) is 8.19. The first kappa shape index (κ1) is 22.7. The molecule has 1 saturated heterocycles.